The van der Waals surface area contributed by atoms with Gasteiger partial charge in [0.1, 0.15) is 6.04 Å². The van der Waals surface area contributed by atoms with Crippen molar-refractivity contribution in [2.75, 3.05) is 26.7 Å². The second-order valence-electron chi connectivity index (χ2n) is 8.04. The van der Waals surface area contributed by atoms with Gasteiger partial charge in [-0.2, -0.15) is 0 Å². The van der Waals surface area contributed by atoms with Gasteiger partial charge in [-0.1, -0.05) is 20.8 Å². The maximum absolute atomic E-state index is 12.6. The number of urea groups is 1. The highest BCUT2D eigenvalue weighted by atomic mass is 16.6. The van der Waals surface area contributed by atoms with Crippen LogP contribution in [0.4, 0.5) is 9.59 Å². The van der Waals surface area contributed by atoms with Gasteiger partial charge in [-0.15, -0.1) is 0 Å². The summed E-state index contributed by atoms with van der Waals surface area (Å²) in [5, 5.41) is 12.1. The van der Waals surface area contributed by atoms with Crippen molar-refractivity contribution in [3.05, 3.63) is 0 Å². The molecule has 3 amide bonds. The van der Waals surface area contributed by atoms with E-state index in [1.165, 1.54) is 4.90 Å². The summed E-state index contributed by atoms with van der Waals surface area (Å²) in [6.07, 6.45) is 1.20. The molecule has 0 aromatic rings. The first-order valence-electron chi connectivity index (χ1n) is 8.78. The maximum atomic E-state index is 12.6. The van der Waals surface area contributed by atoms with Gasteiger partial charge in [-0.3, -0.25) is 4.90 Å². The molecule has 25 heavy (non-hydrogen) atoms. The third kappa shape index (κ3) is 4.55. The number of carbonyl (C=O) groups excluding carboxylic acids is 2. The van der Waals surface area contributed by atoms with Crippen LogP contribution in [0.3, 0.4) is 0 Å². The van der Waals surface area contributed by atoms with Crippen LogP contribution >= 0.6 is 0 Å². The van der Waals surface area contributed by atoms with E-state index < -0.39 is 18.1 Å². The molecule has 2 N–H and O–H groups in total. The van der Waals surface area contributed by atoms with Gasteiger partial charge in [0.25, 0.3) is 0 Å². The van der Waals surface area contributed by atoms with E-state index >= 15 is 0 Å². The molecule has 2 aliphatic heterocycles. The Bertz CT molecular complexity index is 531. The van der Waals surface area contributed by atoms with Gasteiger partial charge in [0.15, 0.2) is 0 Å². The largest absolute Gasteiger partial charge is 0.480 e. The zero-order valence-corrected chi connectivity index (χ0v) is 15.4. The number of carboxylic acid groups (broad SMARTS) is 1. The van der Waals surface area contributed by atoms with Crippen LogP contribution in [0, 0.1) is 11.3 Å². The first-order valence-corrected chi connectivity index (χ1v) is 8.78. The van der Waals surface area contributed by atoms with Gasteiger partial charge >= 0.3 is 18.1 Å². The van der Waals surface area contributed by atoms with Crippen LogP contribution in [0.2, 0.25) is 0 Å². The lowest BCUT2D eigenvalue weighted by Gasteiger charge is -2.38. The molecule has 2 heterocycles. The van der Waals surface area contributed by atoms with E-state index in [0.717, 1.165) is 0 Å². The molecule has 0 unspecified atom stereocenters. The van der Waals surface area contributed by atoms with Crippen molar-refractivity contribution >= 4 is 18.1 Å². The third-order valence-corrected chi connectivity index (χ3v) is 5.02. The SMILES string of the molecule is CNC(=O)N1CC[C@@H]2C[C@H](C(=O)O)N(C(=O)OCCC(C)(C)C)[C@@H]2C1. The van der Waals surface area contributed by atoms with Crippen molar-refractivity contribution in [2.45, 2.75) is 52.1 Å². The summed E-state index contributed by atoms with van der Waals surface area (Å²) >= 11 is 0. The van der Waals surface area contributed by atoms with E-state index in [1.54, 1.807) is 11.9 Å². The smallest absolute Gasteiger partial charge is 0.410 e. The van der Waals surface area contributed by atoms with Crippen LogP contribution in [-0.4, -0.2) is 71.8 Å². The predicted molar refractivity (Wildman–Crippen MR) is 91.2 cm³/mol. The average Bonchev–Trinajstić information content (AvgIpc) is 2.91. The lowest BCUT2D eigenvalue weighted by Crippen LogP contribution is -2.55. The molecule has 2 saturated heterocycles. The highest BCUT2D eigenvalue weighted by Gasteiger charge is 2.50. The van der Waals surface area contributed by atoms with Crippen LogP contribution in [0.5, 0.6) is 0 Å². The number of aliphatic carboxylic acids is 1. The van der Waals surface area contributed by atoms with Gasteiger partial charge in [-0.25, -0.2) is 14.4 Å². The maximum Gasteiger partial charge on any atom is 0.410 e. The molecule has 0 aromatic heterocycles. The molecule has 2 rings (SSSR count). The summed E-state index contributed by atoms with van der Waals surface area (Å²) in [6, 6.07) is -1.41. The number of ether oxygens (including phenoxy) is 1. The molecular formula is C17H29N3O5. The molecule has 3 atom stereocenters. The standard InChI is InChI=1S/C17H29N3O5/c1-17(2,3)6-8-25-16(24)20-12(14(21)22)9-11-5-7-19(10-13(11)20)15(23)18-4/h11-13H,5-10H2,1-4H3,(H,18,23)(H,21,22)/t11-,12-,13-/m1/s1. The first kappa shape index (κ1) is 19.3. The van der Waals surface area contributed by atoms with Crippen molar-refractivity contribution in [1.29, 1.82) is 0 Å². The summed E-state index contributed by atoms with van der Waals surface area (Å²) in [5.74, 6) is -0.939. The summed E-state index contributed by atoms with van der Waals surface area (Å²) in [6.45, 7) is 7.31. The van der Waals surface area contributed by atoms with E-state index in [0.29, 0.717) is 32.4 Å². The Morgan fingerprint density at radius 2 is 1.96 bits per heavy atom. The van der Waals surface area contributed by atoms with E-state index in [-0.39, 0.29) is 30.0 Å². The minimum Gasteiger partial charge on any atom is -0.480 e. The topological polar surface area (TPSA) is 99.2 Å². The van der Waals surface area contributed by atoms with Gasteiger partial charge < -0.3 is 20.1 Å². The van der Waals surface area contributed by atoms with E-state index in [2.05, 4.69) is 26.1 Å². The van der Waals surface area contributed by atoms with Crippen LogP contribution < -0.4 is 5.32 Å². The number of hydrogen-bond acceptors (Lipinski definition) is 4. The van der Waals surface area contributed by atoms with E-state index in [4.69, 9.17) is 4.74 Å². The number of hydrogen-bond donors (Lipinski definition) is 2. The summed E-state index contributed by atoms with van der Waals surface area (Å²) < 4.78 is 5.36. The zero-order chi connectivity index (χ0) is 18.8. The van der Waals surface area contributed by atoms with Gasteiger partial charge in [0, 0.05) is 20.1 Å². The van der Waals surface area contributed by atoms with Crippen LogP contribution in [-0.2, 0) is 9.53 Å². The lowest BCUT2D eigenvalue weighted by molar-refractivity contribution is -0.142. The molecule has 0 bridgehead atoms. The fourth-order valence-corrected chi connectivity index (χ4v) is 3.55. The predicted octanol–water partition coefficient (Wildman–Crippen LogP) is 1.75. The number of rotatable bonds is 3. The Balaban J connectivity index is 2.09. The quantitative estimate of drug-likeness (QED) is 0.803. The second-order valence-corrected chi connectivity index (χ2v) is 8.04. The molecule has 8 nitrogen and oxygen atoms in total. The normalized spacial score (nSPS) is 26.2. The summed E-state index contributed by atoms with van der Waals surface area (Å²) in [7, 11) is 1.56. The summed E-state index contributed by atoms with van der Waals surface area (Å²) in [5.41, 5.74) is 0.0286. The number of nitrogens with one attached hydrogen (secondary N) is 1. The Morgan fingerprint density at radius 1 is 1.28 bits per heavy atom. The Hall–Kier alpha value is -1.99. The minimum absolute atomic E-state index is 0.0286. The van der Waals surface area contributed by atoms with Gasteiger partial charge in [0.05, 0.1) is 12.6 Å². The monoisotopic (exact) mass is 355 g/mol. The molecule has 2 aliphatic rings. The number of piperidine rings is 1. The molecule has 0 aromatic carbocycles. The third-order valence-electron chi connectivity index (χ3n) is 5.02. The van der Waals surface area contributed by atoms with Gasteiger partial charge in [-0.05, 0) is 30.6 Å². The number of carboxylic acids is 1. The second kappa shape index (κ2) is 7.49. The van der Waals surface area contributed by atoms with Crippen molar-refractivity contribution in [1.82, 2.24) is 15.1 Å². The Labute approximate surface area is 148 Å². The molecular weight excluding hydrogens is 326 g/mol. The van der Waals surface area contributed by atoms with Crippen molar-refractivity contribution in [3.63, 3.8) is 0 Å². The fraction of sp³-hybridized carbons (Fsp3) is 0.824. The Morgan fingerprint density at radius 3 is 2.52 bits per heavy atom. The zero-order valence-electron chi connectivity index (χ0n) is 15.4. The van der Waals surface area contributed by atoms with Crippen molar-refractivity contribution in [2.24, 2.45) is 11.3 Å². The summed E-state index contributed by atoms with van der Waals surface area (Å²) in [4.78, 5) is 39.0. The van der Waals surface area contributed by atoms with E-state index in [1.807, 2.05) is 0 Å². The molecule has 0 radical (unpaired) electrons. The minimum atomic E-state index is -1.02. The first-order chi connectivity index (χ1) is 11.6. The highest BCUT2D eigenvalue weighted by Crippen LogP contribution is 2.36. The molecule has 2 fully saturated rings. The number of fused-ring (bicyclic) bond motifs is 1. The van der Waals surface area contributed by atoms with Crippen LogP contribution in [0.1, 0.15) is 40.0 Å². The lowest BCUT2D eigenvalue weighted by atomic mass is 9.91. The average molecular weight is 355 g/mol. The Kier molecular flexibility index (Phi) is 5.80. The number of carbonyl (C=O) groups is 3. The molecule has 142 valence electrons. The molecule has 8 heteroatoms. The molecule has 0 spiro atoms. The number of likely N-dealkylation sites (tertiary alicyclic amines) is 2. The van der Waals surface area contributed by atoms with Crippen LogP contribution in [0.15, 0.2) is 0 Å². The van der Waals surface area contributed by atoms with Crippen LogP contribution in [0.25, 0.3) is 0 Å². The van der Waals surface area contributed by atoms with Crippen molar-refractivity contribution in [3.8, 4) is 0 Å². The number of amides is 3. The number of nitrogens with zero attached hydrogens (tertiary/aromatic N) is 2. The highest BCUT2D eigenvalue weighted by molar-refractivity contribution is 5.81. The molecule has 0 aliphatic carbocycles. The fourth-order valence-electron chi connectivity index (χ4n) is 3.55. The van der Waals surface area contributed by atoms with E-state index in [9.17, 15) is 19.5 Å². The molecule has 0 saturated carbocycles. The van der Waals surface area contributed by atoms with Gasteiger partial charge in [0.2, 0.25) is 0 Å². The van der Waals surface area contributed by atoms with Crippen molar-refractivity contribution < 1.29 is 24.2 Å².